The summed E-state index contributed by atoms with van der Waals surface area (Å²) in [5, 5.41) is 0. The Hall–Kier alpha value is -0.153. The Morgan fingerprint density at radius 3 is 2.18 bits per heavy atom. The lowest BCUT2D eigenvalue weighted by Gasteiger charge is -2.07. The normalized spacial score (nSPS) is 19.2. The van der Waals surface area contributed by atoms with Gasteiger partial charge in [-0.3, -0.25) is 0 Å². The molecule has 0 aromatic carbocycles. The van der Waals surface area contributed by atoms with Crippen molar-refractivity contribution >= 4 is 16.0 Å². The lowest BCUT2D eigenvalue weighted by molar-refractivity contribution is -0.110. The molecule has 0 spiro atoms. The number of hydrogen-bond donors (Lipinski definition) is 0. The minimum absolute atomic E-state index is 0.00849. The van der Waals surface area contributed by atoms with E-state index in [9.17, 15) is 4.79 Å². The van der Waals surface area contributed by atoms with Crippen LogP contribution in [0.15, 0.2) is 0 Å². The van der Waals surface area contributed by atoms with Crippen LogP contribution in [-0.4, -0.2) is 22.7 Å². The monoisotopic (exact) mass is 174 g/mol. The number of hydrogen-bond acceptors (Lipinski definition) is 2. The van der Waals surface area contributed by atoms with Gasteiger partial charge in [0.25, 0.3) is 0 Å². The van der Waals surface area contributed by atoms with E-state index in [1.165, 1.54) is 18.9 Å². The van der Waals surface area contributed by atoms with E-state index >= 15 is 0 Å². The van der Waals surface area contributed by atoms with Crippen molar-refractivity contribution in [1.29, 1.82) is 0 Å². The number of rotatable bonds is 1. The van der Waals surface area contributed by atoms with Gasteiger partial charge in [0, 0.05) is 12.5 Å². The Morgan fingerprint density at radius 1 is 1.45 bits per heavy atom. The van der Waals surface area contributed by atoms with Gasteiger partial charge in [0.2, 0.25) is 0 Å². The molecule has 0 N–H and O–H groups in total. The topological polar surface area (TPSA) is 26.3 Å². The lowest BCUT2D eigenvalue weighted by Crippen LogP contribution is -2.06. The smallest absolute Gasteiger partial charge is 0.161 e. The Morgan fingerprint density at radius 2 is 2.09 bits per heavy atom. The Labute approximate surface area is 71.3 Å². The van der Waals surface area contributed by atoms with Crippen LogP contribution in [0, 0.1) is 5.92 Å². The minimum atomic E-state index is 0.00849. The summed E-state index contributed by atoms with van der Waals surface area (Å²) in [6, 6.07) is 1.42. The van der Waals surface area contributed by atoms with Crippen LogP contribution < -0.4 is 0 Å². The summed E-state index contributed by atoms with van der Waals surface area (Å²) in [6.07, 6.45) is 3.67. The summed E-state index contributed by atoms with van der Waals surface area (Å²) in [7, 11) is 0.00849. The maximum absolute atomic E-state index is 9.50. The lowest BCUT2D eigenvalue weighted by atomic mass is 10.3. The van der Waals surface area contributed by atoms with E-state index in [-0.39, 0.29) is 15.7 Å². The fraction of sp³-hybridized carbons (Fsp3) is 0.875. The van der Waals surface area contributed by atoms with Gasteiger partial charge in [-0.25, -0.2) is 0 Å². The van der Waals surface area contributed by atoms with E-state index in [2.05, 4.69) is 0 Å². The summed E-state index contributed by atoms with van der Waals surface area (Å²) < 4.78 is 5.21. The van der Waals surface area contributed by atoms with E-state index in [1.54, 1.807) is 0 Å². The fourth-order valence-corrected chi connectivity index (χ4v) is 1.86. The summed E-state index contributed by atoms with van der Waals surface area (Å²) in [4.78, 5) is 9.50. The van der Waals surface area contributed by atoms with Gasteiger partial charge in [-0.15, -0.1) is 0 Å². The first kappa shape index (κ1) is 10.8. The Kier molecular flexibility index (Phi) is 7.84. The highest BCUT2D eigenvalue weighted by atomic mass is 28.2. The molecule has 66 valence electrons. The van der Waals surface area contributed by atoms with Gasteiger partial charge in [0.1, 0.15) is 6.29 Å². The van der Waals surface area contributed by atoms with Crippen molar-refractivity contribution in [3.05, 3.63) is 0 Å². The van der Waals surface area contributed by atoms with Crippen LogP contribution in [0.1, 0.15) is 26.7 Å². The highest BCUT2D eigenvalue weighted by Gasteiger charge is 1.96. The van der Waals surface area contributed by atoms with Crippen LogP contribution >= 0.6 is 0 Å². The molecule has 0 radical (unpaired) electrons. The molecule has 0 saturated carbocycles. The Bertz CT molecular complexity index is 78.6. The zero-order valence-electron chi connectivity index (χ0n) is 7.51. The third-order valence-electron chi connectivity index (χ3n) is 1.35. The van der Waals surface area contributed by atoms with Gasteiger partial charge in [-0.1, -0.05) is 20.3 Å². The van der Waals surface area contributed by atoms with Gasteiger partial charge in [-0.05, 0) is 12.5 Å². The zero-order chi connectivity index (χ0) is 8.53. The SMILES string of the molecule is C1CC[SiH2]OC1.CC(C)C=O. The predicted octanol–water partition coefficient (Wildman–Crippen LogP) is 1.14. The first-order valence-corrected chi connectivity index (χ1v) is 5.88. The molecule has 2 nitrogen and oxygen atoms in total. The van der Waals surface area contributed by atoms with E-state index in [0.29, 0.717) is 0 Å². The summed E-state index contributed by atoms with van der Waals surface area (Å²) in [6.45, 7) is 4.77. The third-order valence-corrected chi connectivity index (χ3v) is 2.72. The van der Waals surface area contributed by atoms with Crippen molar-refractivity contribution in [2.75, 3.05) is 6.61 Å². The molecule has 0 aromatic heterocycles. The minimum Gasteiger partial charge on any atom is -0.424 e. The molecule has 1 aliphatic rings. The average Bonchev–Trinajstić information content (AvgIpc) is 2.09. The van der Waals surface area contributed by atoms with E-state index in [4.69, 9.17) is 4.43 Å². The second-order valence-corrected chi connectivity index (χ2v) is 4.58. The van der Waals surface area contributed by atoms with Crippen molar-refractivity contribution in [1.82, 2.24) is 0 Å². The summed E-state index contributed by atoms with van der Waals surface area (Å²) in [5.41, 5.74) is 0. The first-order valence-electron chi connectivity index (χ1n) is 4.30. The molecular formula is C8H18O2Si. The van der Waals surface area contributed by atoms with Crippen LogP contribution in [0.5, 0.6) is 0 Å². The quantitative estimate of drug-likeness (QED) is 0.440. The highest BCUT2D eigenvalue weighted by Crippen LogP contribution is 2.01. The molecule has 3 heteroatoms. The maximum atomic E-state index is 9.50. The maximum Gasteiger partial charge on any atom is 0.161 e. The summed E-state index contributed by atoms with van der Waals surface area (Å²) >= 11 is 0. The average molecular weight is 174 g/mol. The second-order valence-electron chi connectivity index (χ2n) is 3.05. The fourth-order valence-electron chi connectivity index (χ4n) is 0.687. The molecule has 0 atom stereocenters. The molecule has 11 heavy (non-hydrogen) atoms. The van der Waals surface area contributed by atoms with Crippen molar-refractivity contribution < 1.29 is 9.22 Å². The predicted molar refractivity (Wildman–Crippen MR) is 49.4 cm³/mol. The molecule has 0 bridgehead atoms. The largest absolute Gasteiger partial charge is 0.424 e. The van der Waals surface area contributed by atoms with Crippen molar-refractivity contribution in [3.63, 3.8) is 0 Å². The van der Waals surface area contributed by atoms with E-state index in [0.717, 1.165) is 12.9 Å². The third kappa shape index (κ3) is 9.85. The van der Waals surface area contributed by atoms with Crippen molar-refractivity contribution in [2.45, 2.75) is 32.7 Å². The number of carbonyl (C=O) groups excluding carboxylic acids is 1. The van der Waals surface area contributed by atoms with Crippen LogP contribution in [0.3, 0.4) is 0 Å². The van der Waals surface area contributed by atoms with Crippen LogP contribution in [0.4, 0.5) is 0 Å². The van der Waals surface area contributed by atoms with Gasteiger partial charge < -0.3 is 9.22 Å². The van der Waals surface area contributed by atoms with Gasteiger partial charge >= 0.3 is 0 Å². The van der Waals surface area contributed by atoms with Crippen LogP contribution in [-0.2, 0) is 9.22 Å². The molecule has 1 saturated heterocycles. The Balaban J connectivity index is 0.000000187. The van der Waals surface area contributed by atoms with Gasteiger partial charge in [-0.2, -0.15) is 0 Å². The zero-order valence-corrected chi connectivity index (χ0v) is 8.92. The molecule has 0 aromatic rings. The van der Waals surface area contributed by atoms with Gasteiger partial charge in [0.05, 0.1) is 0 Å². The van der Waals surface area contributed by atoms with Gasteiger partial charge in [0.15, 0.2) is 9.76 Å². The molecule has 1 heterocycles. The number of carbonyl (C=O) groups is 1. The van der Waals surface area contributed by atoms with Crippen LogP contribution in [0.25, 0.3) is 0 Å². The van der Waals surface area contributed by atoms with E-state index in [1.807, 2.05) is 13.8 Å². The molecule has 1 rings (SSSR count). The summed E-state index contributed by atoms with van der Waals surface area (Å²) in [5.74, 6) is 0.204. The molecule has 1 aliphatic heterocycles. The highest BCUT2D eigenvalue weighted by molar-refractivity contribution is 6.27. The number of aldehydes is 1. The molecule has 0 aliphatic carbocycles. The molecule has 0 unspecified atom stereocenters. The van der Waals surface area contributed by atoms with Crippen molar-refractivity contribution in [2.24, 2.45) is 5.92 Å². The van der Waals surface area contributed by atoms with E-state index < -0.39 is 0 Å². The second kappa shape index (κ2) is 7.95. The first-order chi connectivity index (χ1) is 5.27. The van der Waals surface area contributed by atoms with Crippen molar-refractivity contribution in [3.8, 4) is 0 Å². The van der Waals surface area contributed by atoms with Crippen LogP contribution in [0.2, 0.25) is 6.04 Å². The molecule has 1 fully saturated rings. The molecular weight excluding hydrogens is 156 g/mol. The molecule has 0 amide bonds. The standard InChI is InChI=1S/C4H10OSi.C4H8O/c1-2-4-6-5-3-1;1-4(2)3-5/h1-4,6H2;3-4H,1-2H3.